The fourth-order valence-corrected chi connectivity index (χ4v) is 3.44. The molecule has 0 unspecified atom stereocenters. The van der Waals surface area contributed by atoms with Gasteiger partial charge in [-0.2, -0.15) is 0 Å². The Morgan fingerprint density at radius 3 is 2.11 bits per heavy atom. The van der Waals surface area contributed by atoms with E-state index >= 15 is 0 Å². The van der Waals surface area contributed by atoms with Gasteiger partial charge in [0.2, 0.25) is 5.28 Å². The number of aromatic nitrogens is 2. The van der Waals surface area contributed by atoms with Crippen LogP contribution in [0, 0.1) is 0 Å². The number of sulfone groups is 1. The number of methoxy groups -OCH3 is 4. The molecule has 2 rings (SSSR count). The summed E-state index contributed by atoms with van der Waals surface area (Å²) in [5.41, 5.74) is 0.618. The van der Waals surface area contributed by atoms with Gasteiger partial charge >= 0.3 is 0 Å². The van der Waals surface area contributed by atoms with Crippen molar-refractivity contribution in [2.45, 2.75) is 5.75 Å². The molecule has 146 valence electrons. The first-order valence-corrected chi connectivity index (χ1v) is 9.69. The summed E-state index contributed by atoms with van der Waals surface area (Å²) < 4.78 is 45.9. The van der Waals surface area contributed by atoms with Crippen LogP contribution < -0.4 is 18.9 Å². The monoisotopic (exact) mass is 414 g/mol. The molecule has 0 radical (unpaired) electrons. The molecular weight excluding hydrogens is 396 g/mol. The summed E-state index contributed by atoms with van der Waals surface area (Å²) >= 11 is 5.75. The first-order valence-electron chi connectivity index (χ1n) is 7.59. The van der Waals surface area contributed by atoms with Crippen LogP contribution in [0.15, 0.2) is 23.7 Å². The Hall–Kier alpha value is -2.52. The van der Waals surface area contributed by atoms with Gasteiger partial charge in [0, 0.05) is 17.5 Å². The van der Waals surface area contributed by atoms with Crippen molar-refractivity contribution in [2.24, 2.45) is 0 Å². The lowest BCUT2D eigenvalue weighted by Crippen LogP contribution is -2.05. The minimum atomic E-state index is -3.70. The molecule has 0 atom stereocenters. The van der Waals surface area contributed by atoms with Crippen LogP contribution in [0.25, 0.3) is 6.08 Å². The first-order chi connectivity index (χ1) is 12.8. The van der Waals surface area contributed by atoms with Crippen LogP contribution in [0.1, 0.15) is 11.3 Å². The van der Waals surface area contributed by atoms with Crippen LogP contribution in [-0.4, -0.2) is 46.8 Å². The highest BCUT2D eigenvalue weighted by Gasteiger charge is 2.17. The molecule has 0 aliphatic carbocycles. The molecule has 0 aliphatic rings. The normalized spacial score (nSPS) is 11.4. The standard InChI is InChI=1S/C17H19ClN2O6S/c1-23-11-7-14(24-2)12(15(8-11)25-3)5-6-27(21,22)10-13-16(26-4)9-19-17(18)20-13/h5-9H,10H2,1-4H3/b6-5+. The van der Waals surface area contributed by atoms with Gasteiger partial charge in [0.25, 0.3) is 0 Å². The van der Waals surface area contributed by atoms with Crippen molar-refractivity contribution in [3.05, 3.63) is 40.3 Å². The number of nitrogens with zero attached hydrogens (tertiary/aromatic N) is 2. The minimum absolute atomic E-state index is 0.0662. The number of benzene rings is 1. The Bertz CT molecular complexity index is 921. The van der Waals surface area contributed by atoms with E-state index in [1.165, 1.54) is 40.7 Å². The second kappa shape index (κ2) is 8.92. The molecule has 0 spiro atoms. The van der Waals surface area contributed by atoms with Gasteiger partial charge in [-0.3, -0.25) is 0 Å². The van der Waals surface area contributed by atoms with E-state index in [1.807, 2.05) is 0 Å². The summed E-state index contributed by atoms with van der Waals surface area (Å²) in [6, 6.07) is 3.25. The Balaban J connectivity index is 2.38. The van der Waals surface area contributed by atoms with Crippen molar-refractivity contribution in [3.63, 3.8) is 0 Å². The van der Waals surface area contributed by atoms with E-state index in [1.54, 1.807) is 12.1 Å². The van der Waals surface area contributed by atoms with E-state index in [9.17, 15) is 8.42 Å². The van der Waals surface area contributed by atoms with Crippen LogP contribution >= 0.6 is 11.6 Å². The van der Waals surface area contributed by atoms with Gasteiger partial charge in [-0.05, 0) is 17.7 Å². The number of halogens is 1. The van der Waals surface area contributed by atoms with Crippen LogP contribution in [0.4, 0.5) is 0 Å². The van der Waals surface area contributed by atoms with E-state index in [4.69, 9.17) is 30.5 Å². The number of rotatable bonds is 8. The maximum atomic E-state index is 12.5. The average molecular weight is 415 g/mol. The van der Waals surface area contributed by atoms with Crippen molar-refractivity contribution in [1.82, 2.24) is 9.97 Å². The van der Waals surface area contributed by atoms with Gasteiger partial charge in [-0.25, -0.2) is 18.4 Å². The highest BCUT2D eigenvalue weighted by atomic mass is 35.5. The molecule has 1 aromatic heterocycles. The van der Waals surface area contributed by atoms with Gasteiger partial charge in [0.1, 0.15) is 28.7 Å². The summed E-state index contributed by atoms with van der Waals surface area (Å²) in [5.74, 6) is 1.15. The summed E-state index contributed by atoms with van der Waals surface area (Å²) in [5, 5.41) is 0.985. The summed E-state index contributed by atoms with van der Waals surface area (Å²) in [7, 11) is 2.14. The van der Waals surface area contributed by atoms with Crippen molar-refractivity contribution < 1.29 is 27.4 Å². The molecule has 0 bridgehead atoms. The molecule has 0 saturated heterocycles. The Morgan fingerprint density at radius 2 is 1.59 bits per heavy atom. The van der Waals surface area contributed by atoms with Gasteiger partial charge in [0.05, 0.1) is 40.2 Å². The second-order valence-electron chi connectivity index (χ2n) is 5.21. The molecule has 0 saturated carbocycles. The average Bonchev–Trinajstić information content (AvgIpc) is 2.65. The van der Waals surface area contributed by atoms with E-state index in [0.29, 0.717) is 22.8 Å². The zero-order valence-corrected chi connectivity index (χ0v) is 16.8. The molecule has 2 aromatic rings. The maximum absolute atomic E-state index is 12.5. The van der Waals surface area contributed by atoms with Crippen molar-refractivity contribution in [3.8, 4) is 23.0 Å². The quantitative estimate of drug-likeness (QED) is 0.608. The number of hydrogen-bond acceptors (Lipinski definition) is 8. The van der Waals surface area contributed by atoms with Crippen LogP contribution in [-0.2, 0) is 15.6 Å². The maximum Gasteiger partial charge on any atom is 0.222 e. The highest BCUT2D eigenvalue weighted by molar-refractivity contribution is 7.93. The van der Waals surface area contributed by atoms with E-state index < -0.39 is 15.6 Å². The lowest BCUT2D eigenvalue weighted by atomic mass is 10.1. The lowest BCUT2D eigenvalue weighted by Gasteiger charge is -2.12. The van der Waals surface area contributed by atoms with Gasteiger partial charge < -0.3 is 18.9 Å². The third-order valence-electron chi connectivity index (χ3n) is 3.55. The molecular formula is C17H19ClN2O6S. The SMILES string of the molecule is COc1cc(OC)c(/C=C/S(=O)(=O)Cc2nc(Cl)ncc2OC)c(OC)c1. The first kappa shape index (κ1) is 20.8. The summed E-state index contributed by atoms with van der Waals surface area (Å²) in [6.07, 6.45) is 2.71. The van der Waals surface area contributed by atoms with Crippen LogP contribution in [0.3, 0.4) is 0 Å². The molecule has 27 heavy (non-hydrogen) atoms. The zero-order chi connectivity index (χ0) is 20.0. The fourth-order valence-electron chi connectivity index (χ4n) is 2.26. The zero-order valence-electron chi connectivity index (χ0n) is 15.2. The van der Waals surface area contributed by atoms with Gasteiger partial charge in [-0.1, -0.05) is 0 Å². The fraction of sp³-hybridized carbons (Fsp3) is 0.294. The van der Waals surface area contributed by atoms with Crippen molar-refractivity contribution in [2.75, 3.05) is 28.4 Å². The van der Waals surface area contributed by atoms with Crippen molar-refractivity contribution >= 4 is 27.5 Å². The van der Waals surface area contributed by atoms with Crippen LogP contribution in [0.5, 0.6) is 23.0 Å². The molecule has 0 aliphatic heterocycles. The molecule has 0 N–H and O–H groups in total. The molecule has 0 fully saturated rings. The summed E-state index contributed by atoms with van der Waals surface area (Å²) in [6.45, 7) is 0. The lowest BCUT2D eigenvalue weighted by molar-refractivity contribution is 0.374. The molecule has 1 heterocycles. The topological polar surface area (TPSA) is 96.8 Å². The third-order valence-corrected chi connectivity index (χ3v) is 4.96. The molecule has 0 amide bonds. The summed E-state index contributed by atoms with van der Waals surface area (Å²) in [4.78, 5) is 7.69. The third kappa shape index (κ3) is 5.24. The van der Waals surface area contributed by atoms with Gasteiger partial charge in [-0.15, -0.1) is 0 Å². The Morgan fingerprint density at radius 1 is 1.00 bits per heavy atom. The number of hydrogen-bond donors (Lipinski definition) is 0. The second-order valence-corrected chi connectivity index (χ2v) is 7.43. The highest BCUT2D eigenvalue weighted by Crippen LogP contribution is 2.35. The predicted molar refractivity (Wildman–Crippen MR) is 101 cm³/mol. The van der Waals surface area contributed by atoms with E-state index in [-0.39, 0.29) is 16.7 Å². The van der Waals surface area contributed by atoms with E-state index in [2.05, 4.69) is 9.97 Å². The van der Waals surface area contributed by atoms with Crippen LogP contribution in [0.2, 0.25) is 5.28 Å². The minimum Gasteiger partial charge on any atom is -0.496 e. The Labute approximate surface area is 162 Å². The van der Waals surface area contributed by atoms with E-state index in [0.717, 1.165) is 5.41 Å². The Kier molecular flexibility index (Phi) is 6.86. The molecule has 10 heteroatoms. The smallest absolute Gasteiger partial charge is 0.222 e. The largest absolute Gasteiger partial charge is 0.496 e. The molecule has 8 nitrogen and oxygen atoms in total. The van der Waals surface area contributed by atoms with Gasteiger partial charge in [0.15, 0.2) is 15.6 Å². The predicted octanol–water partition coefficient (Wildman–Crippen LogP) is 2.75. The molecule has 1 aromatic carbocycles. The number of ether oxygens (including phenoxy) is 4. The van der Waals surface area contributed by atoms with Crippen molar-refractivity contribution in [1.29, 1.82) is 0 Å².